The van der Waals surface area contributed by atoms with Gasteiger partial charge in [-0.2, -0.15) is 0 Å². The van der Waals surface area contributed by atoms with Crippen LogP contribution in [0, 0.1) is 10.1 Å². The molecular weight excluding hydrogens is 392 g/mol. The van der Waals surface area contributed by atoms with Gasteiger partial charge in [-0.1, -0.05) is 36.4 Å². The molecule has 0 bridgehead atoms. The number of nitrogens with zero attached hydrogens (tertiary/aromatic N) is 3. The molecule has 2 heterocycles. The van der Waals surface area contributed by atoms with Crippen molar-refractivity contribution >= 4 is 38.9 Å². The maximum atomic E-state index is 11.3. The number of aliphatic imine (C=N–C) groups is 1. The molecule has 0 atom stereocenters. The van der Waals surface area contributed by atoms with Crippen LogP contribution in [0.1, 0.15) is 11.1 Å². The Labute approximate surface area is 176 Å². The second-order valence-electron chi connectivity index (χ2n) is 7.04. The Hall–Kier alpha value is -4.52. The Balaban J connectivity index is 1.77. The van der Waals surface area contributed by atoms with Crippen molar-refractivity contribution in [3.8, 4) is 5.88 Å². The third kappa shape index (κ3) is 3.38. The Morgan fingerprint density at radius 1 is 1.00 bits per heavy atom. The van der Waals surface area contributed by atoms with Crippen LogP contribution in [0.25, 0.3) is 21.8 Å². The van der Waals surface area contributed by atoms with Crippen LogP contribution < -0.4 is 0 Å². The summed E-state index contributed by atoms with van der Waals surface area (Å²) in [6.45, 7) is 0. The van der Waals surface area contributed by atoms with Crippen molar-refractivity contribution in [2.24, 2.45) is 4.99 Å². The third-order valence-electron chi connectivity index (χ3n) is 5.08. The van der Waals surface area contributed by atoms with E-state index in [1.807, 2.05) is 60.7 Å². The Bertz CT molecular complexity index is 1470. The van der Waals surface area contributed by atoms with Crippen LogP contribution in [0.4, 0.5) is 11.4 Å². The summed E-state index contributed by atoms with van der Waals surface area (Å²) >= 11 is 0. The first-order valence-electron chi connectivity index (χ1n) is 9.58. The summed E-state index contributed by atoms with van der Waals surface area (Å²) in [7, 11) is 0. The van der Waals surface area contributed by atoms with E-state index in [2.05, 4.69) is 9.97 Å². The second-order valence-corrected chi connectivity index (χ2v) is 7.04. The maximum absolute atomic E-state index is 11.3. The molecule has 3 aromatic carbocycles. The lowest BCUT2D eigenvalue weighted by Crippen LogP contribution is -2.03. The van der Waals surface area contributed by atoms with Gasteiger partial charge in [-0.3, -0.25) is 15.1 Å². The summed E-state index contributed by atoms with van der Waals surface area (Å²) in [5, 5.41) is 23.5. The minimum absolute atomic E-state index is 0.0584. The molecule has 150 valence electrons. The molecule has 7 heteroatoms. The van der Waals surface area contributed by atoms with Gasteiger partial charge in [0, 0.05) is 40.2 Å². The molecule has 0 fully saturated rings. The molecule has 0 saturated heterocycles. The monoisotopic (exact) mass is 408 g/mol. The number of pyridine rings is 1. The van der Waals surface area contributed by atoms with E-state index in [0.29, 0.717) is 27.9 Å². The molecule has 31 heavy (non-hydrogen) atoms. The van der Waals surface area contributed by atoms with Crippen LogP contribution >= 0.6 is 0 Å². The quantitative estimate of drug-likeness (QED) is 0.233. The van der Waals surface area contributed by atoms with Crippen molar-refractivity contribution in [2.45, 2.75) is 0 Å². The zero-order valence-electron chi connectivity index (χ0n) is 16.2. The minimum Gasteiger partial charge on any atom is -0.494 e. The molecule has 0 unspecified atom stereocenters. The molecule has 0 aliphatic heterocycles. The van der Waals surface area contributed by atoms with E-state index >= 15 is 0 Å². The number of aromatic nitrogens is 2. The number of H-pyrrole nitrogens is 1. The molecule has 0 radical (unpaired) electrons. The molecule has 0 spiro atoms. The van der Waals surface area contributed by atoms with E-state index < -0.39 is 4.92 Å². The summed E-state index contributed by atoms with van der Waals surface area (Å²) < 4.78 is 0. The number of fused-ring (bicyclic) bond motifs is 2. The van der Waals surface area contributed by atoms with Crippen molar-refractivity contribution in [1.29, 1.82) is 0 Å². The predicted molar refractivity (Wildman–Crippen MR) is 120 cm³/mol. The minimum atomic E-state index is -0.455. The van der Waals surface area contributed by atoms with Gasteiger partial charge in [-0.15, -0.1) is 0 Å². The van der Waals surface area contributed by atoms with Gasteiger partial charge in [0.25, 0.3) is 5.69 Å². The number of nitro benzene ring substituents is 1. The number of non-ortho nitro benzene ring substituents is 1. The van der Waals surface area contributed by atoms with Crippen LogP contribution in [-0.4, -0.2) is 25.7 Å². The average Bonchev–Trinajstić information content (AvgIpc) is 3.12. The molecule has 2 N–H and O–H groups in total. The summed E-state index contributed by atoms with van der Waals surface area (Å²) in [5.41, 5.74) is 3.76. The van der Waals surface area contributed by atoms with E-state index in [4.69, 9.17) is 4.99 Å². The fourth-order valence-electron chi connectivity index (χ4n) is 3.64. The summed E-state index contributed by atoms with van der Waals surface area (Å²) in [4.78, 5) is 22.9. The zero-order valence-corrected chi connectivity index (χ0v) is 16.2. The molecule has 5 rings (SSSR count). The molecule has 5 aromatic rings. The molecule has 0 amide bonds. The number of nitrogens with one attached hydrogen (secondary N) is 1. The number of aromatic hydroxyl groups is 1. The van der Waals surface area contributed by atoms with E-state index in [9.17, 15) is 15.2 Å². The molecule has 0 saturated carbocycles. The van der Waals surface area contributed by atoms with Crippen LogP contribution in [0.15, 0.2) is 90.1 Å². The van der Waals surface area contributed by atoms with Gasteiger partial charge in [-0.05, 0) is 30.3 Å². The maximum Gasteiger partial charge on any atom is 0.270 e. The Kier molecular flexibility index (Phi) is 4.41. The lowest BCUT2D eigenvalue weighted by molar-refractivity contribution is -0.384. The molecule has 2 aromatic heterocycles. The van der Waals surface area contributed by atoms with Gasteiger partial charge >= 0.3 is 0 Å². The number of hydrogen-bond donors (Lipinski definition) is 2. The molecule has 7 nitrogen and oxygen atoms in total. The number of benzene rings is 3. The standard InChI is InChI=1S/C24H16N4O3/c29-24-22(19-14-18(28(30)31)9-11-21(19)27-24)23(15-5-2-1-3-6-15)26-17-8-10-20-16(13-17)7-4-12-25-20/h1-14,27,29H. The van der Waals surface area contributed by atoms with Gasteiger partial charge in [-0.25, -0.2) is 4.99 Å². The van der Waals surface area contributed by atoms with E-state index in [1.54, 1.807) is 12.3 Å². The normalized spacial score (nSPS) is 11.8. The zero-order chi connectivity index (χ0) is 21.4. The highest BCUT2D eigenvalue weighted by Crippen LogP contribution is 2.34. The van der Waals surface area contributed by atoms with Crippen molar-refractivity contribution < 1.29 is 10.0 Å². The highest BCUT2D eigenvalue weighted by atomic mass is 16.6. The van der Waals surface area contributed by atoms with Gasteiger partial charge in [0.15, 0.2) is 5.88 Å². The van der Waals surface area contributed by atoms with Crippen molar-refractivity contribution in [3.63, 3.8) is 0 Å². The molecule has 0 aliphatic carbocycles. The topological polar surface area (TPSA) is 104 Å². The van der Waals surface area contributed by atoms with Crippen molar-refractivity contribution in [3.05, 3.63) is 106 Å². The fourth-order valence-corrected chi connectivity index (χ4v) is 3.64. The second kappa shape index (κ2) is 7.38. The Morgan fingerprint density at radius 2 is 1.84 bits per heavy atom. The van der Waals surface area contributed by atoms with Crippen LogP contribution in [-0.2, 0) is 0 Å². The summed E-state index contributed by atoms with van der Waals surface area (Å²) in [6, 6.07) is 23.3. The van der Waals surface area contributed by atoms with Gasteiger partial charge in [0.2, 0.25) is 0 Å². The number of aromatic amines is 1. The largest absolute Gasteiger partial charge is 0.494 e. The average molecular weight is 408 g/mol. The van der Waals surface area contributed by atoms with Crippen molar-refractivity contribution in [2.75, 3.05) is 0 Å². The van der Waals surface area contributed by atoms with Gasteiger partial charge < -0.3 is 10.1 Å². The lowest BCUT2D eigenvalue weighted by Gasteiger charge is -2.08. The van der Waals surface area contributed by atoms with Crippen LogP contribution in [0.3, 0.4) is 0 Å². The van der Waals surface area contributed by atoms with E-state index in [-0.39, 0.29) is 11.6 Å². The Morgan fingerprint density at radius 3 is 2.65 bits per heavy atom. The van der Waals surface area contributed by atoms with Crippen LogP contribution in [0.5, 0.6) is 5.88 Å². The summed E-state index contributed by atoms with van der Waals surface area (Å²) in [6.07, 6.45) is 1.73. The fraction of sp³-hybridized carbons (Fsp3) is 0. The first-order valence-corrected chi connectivity index (χ1v) is 9.58. The first-order chi connectivity index (χ1) is 15.1. The van der Waals surface area contributed by atoms with Gasteiger partial charge in [0.05, 0.1) is 27.4 Å². The van der Waals surface area contributed by atoms with Crippen molar-refractivity contribution in [1.82, 2.24) is 9.97 Å². The number of rotatable bonds is 4. The third-order valence-corrected chi connectivity index (χ3v) is 5.08. The highest BCUT2D eigenvalue weighted by molar-refractivity contribution is 6.22. The predicted octanol–water partition coefficient (Wildman–Crippen LogP) is 5.50. The van der Waals surface area contributed by atoms with E-state index in [1.165, 1.54) is 12.1 Å². The van der Waals surface area contributed by atoms with Gasteiger partial charge in [0.1, 0.15) is 0 Å². The lowest BCUT2D eigenvalue weighted by atomic mass is 10.0. The highest BCUT2D eigenvalue weighted by Gasteiger charge is 2.20. The number of hydrogen-bond acceptors (Lipinski definition) is 5. The number of nitro groups is 1. The SMILES string of the molecule is O=[N+]([O-])c1ccc2[nH]c(O)c(C(=Nc3ccc4ncccc4c3)c3ccccc3)c2c1. The van der Waals surface area contributed by atoms with E-state index in [0.717, 1.165) is 16.5 Å². The van der Waals surface area contributed by atoms with Crippen LogP contribution in [0.2, 0.25) is 0 Å². The summed E-state index contributed by atoms with van der Waals surface area (Å²) in [5.74, 6) is -0.0967. The molecule has 0 aliphatic rings. The molecular formula is C24H16N4O3. The first kappa shape index (κ1) is 18.5. The smallest absolute Gasteiger partial charge is 0.270 e.